The third kappa shape index (κ3) is 4.20. The Labute approximate surface area is 141 Å². The first kappa shape index (κ1) is 16.2. The molecule has 23 heavy (non-hydrogen) atoms. The summed E-state index contributed by atoms with van der Waals surface area (Å²) in [6.07, 6.45) is 5.81. The third-order valence-electron chi connectivity index (χ3n) is 4.01. The lowest BCUT2D eigenvalue weighted by molar-refractivity contribution is -0.508. The number of nitrogens with one attached hydrogen (secondary N) is 2. The lowest BCUT2D eigenvalue weighted by Crippen LogP contribution is -2.82. The van der Waals surface area contributed by atoms with Gasteiger partial charge in [-0.25, -0.2) is 0 Å². The molecular weight excluding hydrogens is 328 g/mol. The van der Waals surface area contributed by atoms with Gasteiger partial charge < -0.3 is 0 Å². The van der Waals surface area contributed by atoms with Crippen molar-refractivity contribution in [1.82, 2.24) is 4.72 Å². The van der Waals surface area contributed by atoms with Crippen LogP contribution >= 0.6 is 11.3 Å². The van der Waals surface area contributed by atoms with E-state index >= 15 is 0 Å². The van der Waals surface area contributed by atoms with Gasteiger partial charge in [-0.05, 0) is 55.3 Å². The summed E-state index contributed by atoms with van der Waals surface area (Å²) in [5, 5.41) is 1.77. The summed E-state index contributed by atoms with van der Waals surface area (Å²) in [6.45, 7) is 0. The van der Waals surface area contributed by atoms with Crippen LogP contribution in [0.2, 0.25) is 0 Å². The zero-order valence-electron chi connectivity index (χ0n) is 12.9. The molecule has 1 aromatic carbocycles. The molecule has 0 aliphatic heterocycles. The van der Waals surface area contributed by atoms with Crippen LogP contribution < -0.4 is 9.71 Å². The Balaban J connectivity index is 1.91. The molecule has 1 heterocycles. The second kappa shape index (κ2) is 7.27. The van der Waals surface area contributed by atoms with Crippen molar-refractivity contribution in [2.24, 2.45) is 0 Å². The Kier molecular flexibility index (Phi) is 5.13. The van der Waals surface area contributed by atoms with Crippen molar-refractivity contribution in [1.29, 1.82) is 0 Å². The average molecular weight is 350 g/mol. The highest BCUT2D eigenvalue weighted by atomic mass is 32.2. The summed E-state index contributed by atoms with van der Waals surface area (Å²) in [4.78, 5) is 3.42. The van der Waals surface area contributed by atoms with Gasteiger partial charge in [0.15, 0.2) is 4.21 Å². The number of rotatable bonds is 4. The summed E-state index contributed by atoms with van der Waals surface area (Å²) < 4.78 is 28.2. The molecule has 0 bridgehead atoms. The number of hydrogen-bond acceptors (Lipinski definition) is 3. The van der Waals surface area contributed by atoms with E-state index in [1.807, 2.05) is 30.3 Å². The molecule has 0 saturated heterocycles. The summed E-state index contributed by atoms with van der Waals surface area (Å²) in [5.74, 6) is 0.575. The maximum absolute atomic E-state index is 12.6. The van der Waals surface area contributed by atoms with Gasteiger partial charge in [0.1, 0.15) is 0 Å². The van der Waals surface area contributed by atoms with E-state index in [9.17, 15) is 8.42 Å². The zero-order valence-corrected chi connectivity index (χ0v) is 14.5. The standard InChI is InChI=1S/C17H20N2O2S2/c20-23(21,16-12-7-13-22-16)19-17(14-8-3-1-4-9-14)18-15-10-5-2-6-11-15/h1,3-4,7-9,12-13,15H,2,5-6,10-11H2,(H,18,19)/p+1. The lowest BCUT2D eigenvalue weighted by Gasteiger charge is -2.17. The van der Waals surface area contributed by atoms with Crippen LogP contribution in [0, 0.1) is 0 Å². The Bertz CT molecular complexity index is 747. The van der Waals surface area contributed by atoms with Gasteiger partial charge in [-0.15, -0.1) is 11.3 Å². The number of amidine groups is 1. The molecule has 1 aliphatic carbocycles. The van der Waals surface area contributed by atoms with Crippen molar-refractivity contribution >= 4 is 27.2 Å². The van der Waals surface area contributed by atoms with Crippen molar-refractivity contribution in [3.63, 3.8) is 0 Å². The average Bonchev–Trinajstić information content (AvgIpc) is 3.11. The van der Waals surface area contributed by atoms with Crippen LogP contribution in [-0.4, -0.2) is 20.3 Å². The Morgan fingerprint density at radius 2 is 1.78 bits per heavy atom. The Morgan fingerprint density at radius 1 is 1.04 bits per heavy atom. The van der Waals surface area contributed by atoms with E-state index in [0.717, 1.165) is 18.4 Å². The van der Waals surface area contributed by atoms with Crippen molar-refractivity contribution in [3.8, 4) is 0 Å². The fraction of sp³-hybridized carbons (Fsp3) is 0.353. The first-order valence-electron chi connectivity index (χ1n) is 7.90. The van der Waals surface area contributed by atoms with Gasteiger partial charge in [0.2, 0.25) is 0 Å². The highest BCUT2D eigenvalue weighted by Crippen LogP contribution is 2.16. The highest BCUT2D eigenvalue weighted by Gasteiger charge is 2.26. The fourth-order valence-electron chi connectivity index (χ4n) is 2.83. The molecule has 0 spiro atoms. The molecule has 6 heteroatoms. The fourth-order valence-corrected chi connectivity index (χ4v) is 4.88. The van der Waals surface area contributed by atoms with Crippen molar-refractivity contribution in [3.05, 3.63) is 53.4 Å². The first-order valence-corrected chi connectivity index (χ1v) is 10.3. The maximum atomic E-state index is 12.6. The SMILES string of the molecule is O=S(=O)(NC(=[NH+]C1CCCCC1)c1ccccc1)c1cccs1. The van der Waals surface area contributed by atoms with E-state index < -0.39 is 10.0 Å². The largest absolute Gasteiger partial charge is 0.338 e. The molecular formula is C17H21N2O2S2+. The minimum atomic E-state index is -3.55. The monoisotopic (exact) mass is 349 g/mol. The minimum absolute atomic E-state index is 0.324. The molecule has 0 radical (unpaired) electrons. The van der Waals surface area contributed by atoms with E-state index in [4.69, 9.17) is 0 Å². The second-order valence-electron chi connectivity index (χ2n) is 5.76. The van der Waals surface area contributed by atoms with E-state index in [-0.39, 0.29) is 0 Å². The van der Waals surface area contributed by atoms with Crippen molar-refractivity contribution in [2.75, 3.05) is 0 Å². The number of benzene rings is 1. The van der Waals surface area contributed by atoms with Gasteiger partial charge in [0, 0.05) is 0 Å². The van der Waals surface area contributed by atoms with Crippen LogP contribution in [0.15, 0.2) is 52.1 Å². The quantitative estimate of drug-likeness (QED) is 0.654. The lowest BCUT2D eigenvalue weighted by atomic mass is 9.96. The Hall–Kier alpha value is -1.66. The smallest absolute Gasteiger partial charge is 0.271 e. The summed E-state index contributed by atoms with van der Waals surface area (Å²) in [6, 6.07) is 13.3. The molecule has 2 aromatic rings. The summed E-state index contributed by atoms with van der Waals surface area (Å²) in [5.41, 5.74) is 0.859. The highest BCUT2D eigenvalue weighted by molar-refractivity contribution is 7.92. The van der Waals surface area contributed by atoms with Gasteiger partial charge in [0.05, 0.1) is 11.6 Å². The van der Waals surface area contributed by atoms with Crippen LogP contribution in [-0.2, 0) is 10.0 Å². The van der Waals surface area contributed by atoms with Gasteiger partial charge in [-0.3, -0.25) is 4.99 Å². The topological polar surface area (TPSA) is 60.1 Å². The van der Waals surface area contributed by atoms with Gasteiger partial charge >= 0.3 is 10.0 Å². The first-order chi connectivity index (χ1) is 11.1. The van der Waals surface area contributed by atoms with Crippen LogP contribution in [0.25, 0.3) is 0 Å². The van der Waals surface area contributed by atoms with E-state index in [2.05, 4.69) is 9.71 Å². The van der Waals surface area contributed by atoms with E-state index in [1.54, 1.807) is 17.5 Å². The normalized spacial score (nSPS) is 17.1. The molecule has 1 aromatic heterocycles. The van der Waals surface area contributed by atoms with Crippen molar-refractivity contribution in [2.45, 2.75) is 42.4 Å². The molecule has 122 valence electrons. The van der Waals surface area contributed by atoms with E-state index in [1.165, 1.54) is 30.6 Å². The summed E-state index contributed by atoms with van der Waals surface area (Å²) in [7, 11) is -3.55. The summed E-state index contributed by atoms with van der Waals surface area (Å²) >= 11 is 1.22. The number of sulfonamides is 1. The molecule has 0 unspecified atom stereocenters. The molecule has 1 fully saturated rings. The molecule has 3 rings (SSSR count). The molecule has 0 atom stereocenters. The molecule has 2 N–H and O–H groups in total. The number of hydrogen-bond donors (Lipinski definition) is 2. The van der Waals surface area contributed by atoms with Crippen LogP contribution in [0.4, 0.5) is 0 Å². The van der Waals surface area contributed by atoms with Gasteiger partial charge in [0.25, 0.3) is 5.84 Å². The maximum Gasteiger partial charge on any atom is 0.338 e. The van der Waals surface area contributed by atoms with Gasteiger partial charge in [-0.2, -0.15) is 13.1 Å². The van der Waals surface area contributed by atoms with Crippen LogP contribution in [0.1, 0.15) is 37.7 Å². The third-order valence-corrected chi connectivity index (χ3v) is 6.76. The van der Waals surface area contributed by atoms with Crippen LogP contribution in [0.3, 0.4) is 0 Å². The van der Waals surface area contributed by atoms with Crippen molar-refractivity contribution < 1.29 is 13.4 Å². The molecule has 1 aliphatic rings. The number of thiophene rings is 1. The second-order valence-corrected chi connectivity index (χ2v) is 8.61. The van der Waals surface area contributed by atoms with Gasteiger partial charge in [-0.1, -0.05) is 24.6 Å². The predicted octanol–water partition coefficient (Wildman–Crippen LogP) is 1.89. The molecule has 4 nitrogen and oxygen atoms in total. The Morgan fingerprint density at radius 3 is 2.43 bits per heavy atom. The zero-order chi connectivity index (χ0) is 16.1. The minimum Gasteiger partial charge on any atom is -0.271 e. The van der Waals surface area contributed by atoms with E-state index in [0.29, 0.717) is 16.1 Å². The predicted molar refractivity (Wildman–Crippen MR) is 93.0 cm³/mol. The molecule has 0 amide bonds. The van der Waals surface area contributed by atoms with Crippen LogP contribution in [0.5, 0.6) is 0 Å². The molecule has 1 saturated carbocycles.